The van der Waals surface area contributed by atoms with E-state index >= 15 is 0 Å². The molecule has 0 unspecified atom stereocenters. The highest BCUT2D eigenvalue weighted by Gasteiger charge is 2.13. The highest BCUT2D eigenvalue weighted by molar-refractivity contribution is 8.01. The number of methoxy groups -OCH3 is 1. The summed E-state index contributed by atoms with van der Waals surface area (Å²) in [5.41, 5.74) is 1.59. The van der Waals surface area contributed by atoms with Gasteiger partial charge in [0, 0.05) is 11.9 Å². The molecule has 0 aliphatic heterocycles. The second kappa shape index (κ2) is 8.40. The third-order valence-corrected chi connectivity index (χ3v) is 5.55. The number of pyridine rings is 1. The topological polar surface area (TPSA) is 81.2 Å². The van der Waals surface area contributed by atoms with E-state index in [1.54, 1.807) is 18.2 Å². The summed E-state index contributed by atoms with van der Waals surface area (Å²) in [6, 6.07) is 7.98. The first-order valence-corrected chi connectivity index (χ1v) is 9.43. The van der Waals surface area contributed by atoms with Crippen molar-refractivity contribution in [2.45, 2.75) is 10.8 Å². The minimum absolute atomic E-state index is 0.139. The third-order valence-electron chi connectivity index (χ3n) is 3.38. The van der Waals surface area contributed by atoms with Crippen LogP contribution in [0.5, 0.6) is 0 Å². The van der Waals surface area contributed by atoms with Crippen molar-refractivity contribution in [3.63, 3.8) is 0 Å². The van der Waals surface area contributed by atoms with Gasteiger partial charge in [0.25, 0.3) is 5.91 Å². The lowest BCUT2D eigenvalue weighted by atomic mass is 10.2. The molecule has 0 atom stereocenters. The average Bonchev–Trinajstić information content (AvgIpc) is 3.08. The molecule has 27 heavy (non-hydrogen) atoms. The van der Waals surface area contributed by atoms with Gasteiger partial charge < -0.3 is 10.1 Å². The van der Waals surface area contributed by atoms with Crippen LogP contribution in [0.4, 0.5) is 14.5 Å². The molecule has 1 aromatic carbocycles. The van der Waals surface area contributed by atoms with E-state index in [1.165, 1.54) is 36.8 Å². The zero-order valence-electron chi connectivity index (χ0n) is 13.9. The highest BCUT2D eigenvalue weighted by atomic mass is 32.2. The SMILES string of the molecule is COC(=O)c1ccc(C(=O)Nc2ccc3nc(SCC(F)F)sc3c2)nc1. The van der Waals surface area contributed by atoms with E-state index in [2.05, 4.69) is 20.0 Å². The number of nitrogens with zero attached hydrogens (tertiary/aromatic N) is 2. The van der Waals surface area contributed by atoms with Crippen LogP contribution in [-0.2, 0) is 4.74 Å². The molecule has 0 fully saturated rings. The quantitative estimate of drug-likeness (QED) is 0.488. The van der Waals surface area contributed by atoms with Crippen molar-refractivity contribution in [3.05, 3.63) is 47.8 Å². The van der Waals surface area contributed by atoms with Gasteiger partial charge in [-0.1, -0.05) is 11.8 Å². The molecule has 0 spiro atoms. The van der Waals surface area contributed by atoms with Crippen LogP contribution in [0.2, 0.25) is 0 Å². The average molecular weight is 409 g/mol. The zero-order valence-corrected chi connectivity index (χ0v) is 15.6. The second-order valence-electron chi connectivity index (χ2n) is 5.24. The summed E-state index contributed by atoms with van der Waals surface area (Å²) in [5.74, 6) is -1.29. The van der Waals surface area contributed by atoms with Gasteiger partial charge in [-0.05, 0) is 30.3 Å². The number of ether oxygens (including phenoxy) is 1. The summed E-state index contributed by atoms with van der Waals surface area (Å²) in [5, 5.41) is 2.71. The van der Waals surface area contributed by atoms with Gasteiger partial charge in [-0.25, -0.2) is 18.6 Å². The maximum absolute atomic E-state index is 12.3. The number of esters is 1. The molecule has 10 heteroatoms. The van der Waals surface area contributed by atoms with Crippen LogP contribution < -0.4 is 5.32 Å². The molecule has 0 saturated heterocycles. The van der Waals surface area contributed by atoms with Crippen molar-refractivity contribution < 1.29 is 23.1 Å². The van der Waals surface area contributed by atoms with Crippen molar-refractivity contribution in [1.29, 1.82) is 0 Å². The summed E-state index contributed by atoms with van der Waals surface area (Å²) >= 11 is 2.28. The normalized spacial score (nSPS) is 11.0. The first-order valence-electron chi connectivity index (χ1n) is 7.63. The van der Waals surface area contributed by atoms with Crippen molar-refractivity contribution in [2.75, 3.05) is 18.2 Å². The third kappa shape index (κ3) is 4.77. The number of nitrogens with one attached hydrogen (secondary N) is 1. The molecule has 0 aliphatic rings. The molecule has 2 aromatic heterocycles. The lowest BCUT2D eigenvalue weighted by molar-refractivity contribution is 0.0599. The predicted octanol–water partition coefficient (Wildman–Crippen LogP) is 4.09. The number of halogens is 2. The monoisotopic (exact) mass is 409 g/mol. The molecule has 1 amide bonds. The molecule has 2 heterocycles. The Balaban J connectivity index is 1.71. The molecule has 0 bridgehead atoms. The summed E-state index contributed by atoms with van der Waals surface area (Å²) in [7, 11) is 1.26. The van der Waals surface area contributed by atoms with E-state index in [-0.39, 0.29) is 17.0 Å². The number of thiazole rings is 1. The fraction of sp³-hybridized carbons (Fsp3) is 0.176. The Morgan fingerprint density at radius 3 is 2.78 bits per heavy atom. The molecular weight excluding hydrogens is 396 g/mol. The number of hydrogen-bond acceptors (Lipinski definition) is 7. The zero-order chi connectivity index (χ0) is 19.4. The summed E-state index contributed by atoms with van der Waals surface area (Å²) < 4.78 is 30.5. The first kappa shape index (κ1) is 19.2. The molecule has 1 N–H and O–H groups in total. The lowest BCUT2D eigenvalue weighted by Crippen LogP contribution is -2.14. The number of alkyl halides is 2. The number of amides is 1. The number of aromatic nitrogens is 2. The Labute approximate surface area is 161 Å². The number of carbonyl (C=O) groups is 2. The molecular formula is C17H13F2N3O3S2. The van der Waals surface area contributed by atoms with Crippen LogP contribution >= 0.6 is 23.1 Å². The van der Waals surface area contributed by atoms with Crippen LogP contribution in [0.25, 0.3) is 10.2 Å². The van der Waals surface area contributed by atoms with Crippen LogP contribution in [0.3, 0.4) is 0 Å². The summed E-state index contributed by atoms with van der Waals surface area (Å²) in [6.45, 7) is 0. The minimum Gasteiger partial charge on any atom is -0.465 e. The molecule has 3 rings (SSSR count). The number of rotatable bonds is 6. The second-order valence-corrected chi connectivity index (χ2v) is 7.54. The van der Waals surface area contributed by atoms with Crippen molar-refractivity contribution >= 4 is 50.9 Å². The van der Waals surface area contributed by atoms with Gasteiger partial charge in [0.15, 0.2) is 4.34 Å². The van der Waals surface area contributed by atoms with E-state index in [4.69, 9.17) is 0 Å². The van der Waals surface area contributed by atoms with Crippen LogP contribution in [0, 0.1) is 0 Å². The van der Waals surface area contributed by atoms with Crippen LogP contribution in [0.1, 0.15) is 20.8 Å². The summed E-state index contributed by atoms with van der Waals surface area (Å²) in [4.78, 5) is 31.9. The smallest absolute Gasteiger partial charge is 0.339 e. The molecule has 0 aliphatic carbocycles. The number of carbonyl (C=O) groups excluding carboxylic acids is 2. The van der Waals surface area contributed by atoms with Crippen LogP contribution in [-0.4, -0.2) is 41.1 Å². The Hall–Kier alpha value is -2.59. The highest BCUT2D eigenvalue weighted by Crippen LogP contribution is 2.32. The molecule has 3 aromatic rings. The Kier molecular flexibility index (Phi) is 5.97. The largest absolute Gasteiger partial charge is 0.465 e. The van der Waals surface area contributed by atoms with Gasteiger partial charge in [0.1, 0.15) is 5.69 Å². The maximum Gasteiger partial charge on any atom is 0.339 e. The number of fused-ring (bicyclic) bond motifs is 1. The maximum atomic E-state index is 12.3. The van der Waals surface area contributed by atoms with Crippen molar-refractivity contribution in [3.8, 4) is 0 Å². The van der Waals surface area contributed by atoms with E-state index in [9.17, 15) is 18.4 Å². The number of hydrogen-bond donors (Lipinski definition) is 1. The van der Waals surface area contributed by atoms with Crippen molar-refractivity contribution in [2.24, 2.45) is 0 Å². The molecule has 140 valence electrons. The van der Waals surface area contributed by atoms with E-state index in [0.717, 1.165) is 16.5 Å². The van der Waals surface area contributed by atoms with Gasteiger partial charge in [0.05, 0.1) is 28.6 Å². The number of anilines is 1. The minimum atomic E-state index is -2.39. The van der Waals surface area contributed by atoms with Crippen molar-refractivity contribution in [1.82, 2.24) is 9.97 Å². The predicted molar refractivity (Wildman–Crippen MR) is 99.9 cm³/mol. The Morgan fingerprint density at radius 1 is 1.30 bits per heavy atom. The van der Waals surface area contributed by atoms with Crippen LogP contribution in [0.15, 0.2) is 40.9 Å². The standard InChI is InChI=1S/C17H13F2N3O3S2/c1-25-16(24)9-2-4-12(20-7-9)15(23)21-10-3-5-11-13(6-10)27-17(22-11)26-8-14(18)19/h2-7,14H,8H2,1H3,(H,21,23). The Bertz CT molecular complexity index is 977. The number of benzene rings is 1. The number of thioether (sulfide) groups is 1. The van der Waals surface area contributed by atoms with E-state index < -0.39 is 18.3 Å². The fourth-order valence-electron chi connectivity index (χ4n) is 2.14. The van der Waals surface area contributed by atoms with Gasteiger partial charge in [-0.2, -0.15) is 0 Å². The lowest BCUT2D eigenvalue weighted by Gasteiger charge is -2.05. The fourth-order valence-corrected chi connectivity index (χ4v) is 4.02. The molecule has 0 radical (unpaired) electrons. The van der Waals surface area contributed by atoms with E-state index in [1.807, 2.05) is 0 Å². The van der Waals surface area contributed by atoms with E-state index in [0.29, 0.717) is 15.5 Å². The Morgan fingerprint density at radius 2 is 2.11 bits per heavy atom. The van der Waals surface area contributed by atoms with Gasteiger partial charge >= 0.3 is 5.97 Å². The molecule has 0 saturated carbocycles. The van der Waals surface area contributed by atoms with Gasteiger partial charge in [-0.3, -0.25) is 9.78 Å². The first-order chi connectivity index (χ1) is 13.0. The van der Waals surface area contributed by atoms with Gasteiger partial charge in [0.2, 0.25) is 6.43 Å². The molecule has 6 nitrogen and oxygen atoms in total. The summed E-state index contributed by atoms with van der Waals surface area (Å²) in [6.07, 6.45) is -1.13. The van der Waals surface area contributed by atoms with Gasteiger partial charge in [-0.15, -0.1) is 11.3 Å².